The van der Waals surface area contributed by atoms with Gasteiger partial charge in [0.2, 0.25) is 0 Å². The van der Waals surface area contributed by atoms with Crippen molar-refractivity contribution in [2.75, 3.05) is 5.32 Å². The van der Waals surface area contributed by atoms with Crippen molar-refractivity contribution in [3.8, 4) is 0 Å². The molecule has 0 aliphatic heterocycles. The van der Waals surface area contributed by atoms with E-state index in [1.807, 2.05) is 23.6 Å². The Balaban J connectivity index is 2.07. The third-order valence-corrected chi connectivity index (χ3v) is 3.61. The summed E-state index contributed by atoms with van der Waals surface area (Å²) in [6.45, 7) is 0.717. The molecule has 2 aromatic rings. The number of rotatable bonds is 3. The Morgan fingerprint density at radius 1 is 1.47 bits per heavy atom. The van der Waals surface area contributed by atoms with Crippen molar-refractivity contribution >= 4 is 44.0 Å². The van der Waals surface area contributed by atoms with Crippen molar-refractivity contribution in [2.24, 2.45) is 0 Å². The van der Waals surface area contributed by atoms with Crippen molar-refractivity contribution in [3.63, 3.8) is 0 Å². The first-order chi connectivity index (χ1) is 7.25. The fourth-order valence-electron chi connectivity index (χ4n) is 1.16. The number of anilines is 1. The third kappa shape index (κ3) is 2.93. The maximum atomic E-state index is 5.92. The van der Waals surface area contributed by atoms with Crippen LogP contribution in [0.5, 0.6) is 0 Å². The molecule has 1 heterocycles. The van der Waals surface area contributed by atoms with Gasteiger partial charge in [-0.3, -0.25) is 0 Å². The van der Waals surface area contributed by atoms with E-state index in [0.717, 1.165) is 20.2 Å². The summed E-state index contributed by atoms with van der Waals surface area (Å²) in [5.41, 5.74) is 1.12. The fraction of sp³-hybridized carbons (Fsp3) is 0.100. The van der Waals surface area contributed by atoms with Crippen LogP contribution in [0.3, 0.4) is 0 Å². The average Bonchev–Trinajstić information content (AvgIpc) is 2.72. The molecule has 0 atom stereocenters. The van der Waals surface area contributed by atoms with E-state index in [4.69, 9.17) is 11.6 Å². The molecular weight excluding hydrogens is 296 g/mol. The predicted molar refractivity (Wildman–Crippen MR) is 68.6 cm³/mol. The minimum Gasteiger partial charge on any atom is -0.357 e. The lowest BCUT2D eigenvalue weighted by atomic mass is 10.2. The van der Waals surface area contributed by atoms with E-state index < -0.39 is 0 Å². The molecule has 2 nitrogen and oxygen atoms in total. The minimum absolute atomic E-state index is 0.717. The largest absolute Gasteiger partial charge is 0.357 e. The van der Waals surface area contributed by atoms with Gasteiger partial charge in [0.25, 0.3) is 0 Å². The second-order valence-corrected chi connectivity index (χ2v) is 5.11. The molecule has 78 valence electrons. The van der Waals surface area contributed by atoms with Crippen LogP contribution in [0.4, 0.5) is 5.13 Å². The first kappa shape index (κ1) is 10.9. The van der Waals surface area contributed by atoms with Crippen molar-refractivity contribution < 1.29 is 0 Å². The van der Waals surface area contributed by atoms with Gasteiger partial charge in [-0.15, -0.1) is 11.3 Å². The molecule has 0 unspecified atom stereocenters. The zero-order valence-corrected chi connectivity index (χ0v) is 10.9. The Labute approximate surface area is 105 Å². The third-order valence-electron chi connectivity index (χ3n) is 1.87. The molecule has 2 rings (SSSR count). The fourth-order valence-corrected chi connectivity index (χ4v) is 2.27. The zero-order chi connectivity index (χ0) is 10.7. The normalized spacial score (nSPS) is 10.3. The number of benzene rings is 1. The summed E-state index contributed by atoms with van der Waals surface area (Å²) in [6, 6.07) is 5.74. The standard InChI is InChI=1S/C10H8BrClN2S/c11-9-2-1-8(12)5-7(9)6-14-10-13-3-4-15-10/h1-5H,6H2,(H,13,14). The van der Waals surface area contributed by atoms with E-state index in [0.29, 0.717) is 6.54 Å². The van der Waals surface area contributed by atoms with Crippen LogP contribution in [0.2, 0.25) is 5.02 Å². The van der Waals surface area contributed by atoms with Gasteiger partial charge < -0.3 is 5.32 Å². The number of halogens is 2. The molecule has 1 aromatic heterocycles. The number of thiazole rings is 1. The van der Waals surface area contributed by atoms with Gasteiger partial charge in [0, 0.05) is 27.6 Å². The summed E-state index contributed by atoms with van der Waals surface area (Å²) in [4.78, 5) is 4.14. The number of aromatic nitrogens is 1. The second kappa shape index (κ2) is 4.96. The summed E-state index contributed by atoms with van der Waals surface area (Å²) in [7, 11) is 0. The van der Waals surface area contributed by atoms with Gasteiger partial charge in [-0.05, 0) is 23.8 Å². The van der Waals surface area contributed by atoms with E-state index in [9.17, 15) is 0 Å². The van der Waals surface area contributed by atoms with Crippen LogP contribution in [0.15, 0.2) is 34.2 Å². The summed E-state index contributed by atoms with van der Waals surface area (Å²) >= 11 is 11.0. The van der Waals surface area contributed by atoms with E-state index >= 15 is 0 Å². The van der Waals surface area contributed by atoms with Gasteiger partial charge in [-0.1, -0.05) is 27.5 Å². The van der Waals surface area contributed by atoms with Crippen molar-refractivity contribution in [1.29, 1.82) is 0 Å². The van der Waals surface area contributed by atoms with Crippen LogP contribution < -0.4 is 5.32 Å². The molecular formula is C10H8BrClN2S. The van der Waals surface area contributed by atoms with Gasteiger partial charge >= 0.3 is 0 Å². The van der Waals surface area contributed by atoms with Crippen LogP contribution >= 0.6 is 38.9 Å². The number of nitrogens with one attached hydrogen (secondary N) is 1. The molecule has 5 heteroatoms. The van der Waals surface area contributed by atoms with Gasteiger partial charge in [0.15, 0.2) is 5.13 Å². The second-order valence-electron chi connectivity index (χ2n) is 2.93. The number of hydrogen-bond donors (Lipinski definition) is 1. The summed E-state index contributed by atoms with van der Waals surface area (Å²) in [5.74, 6) is 0. The van der Waals surface area contributed by atoms with E-state index in [1.54, 1.807) is 17.5 Å². The highest BCUT2D eigenvalue weighted by Crippen LogP contribution is 2.22. The van der Waals surface area contributed by atoms with Crippen molar-refractivity contribution in [3.05, 3.63) is 44.8 Å². The van der Waals surface area contributed by atoms with Crippen LogP contribution in [0.25, 0.3) is 0 Å². The maximum absolute atomic E-state index is 5.92. The van der Waals surface area contributed by atoms with E-state index in [-0.39, 0.29) is 0 Å². The SMILES string of the molecule is Clc1ccc(Br)c(CNc2nccs2)c1. The number of hydrogen-bond acceptors (Lipinski definition) is 3. The molecule has 1 N–H and O–H groups in total. The Hall–Kier alpha value is -0.580. The van der Waals surface area contributed by atoms with Crippen LogP contribution in [-0.4, -0.2) is 4.98 Å². The van der Waals surface area contributed by atoms with Crippen molar-refractivity contribution in [2.45, 2.75) is 6.54 Å². The highest BCUT2D eigenvalue weighted by Gasteiger charge is 2.01. The van der Waals surface area contributed by atoms with Gasteiger partial charge in [0.1, 0.15) is 0 Å². The molecule has 0 fully saturated rings. The summed E-state index contributed by atoms with van der Waals surface area (Å²) < 4.78 is 1.05. The van der Waals surface area contributed by atoms with Crippen molar-refractivity contribution in [1.82, 2.24) is 4.98 Å². The van der Waals surface area contributed by atoms with Crippen LogP contribution in [-0.2, 0) is 6.54 Å². The smallest absolute Gasteiger partial charge is 0.182 e. The lowest BCUT2D eigenvalue weighted by Crippen LogP contribution is -1.99. The molecule has 15 heavy (non-hydrogen) atoms. The monoisotopic (exact) mass is 302 g/mol. The summed E-state index contributed by atoms with van der Waals surface area (Å²) in [6.07, 6.45) is 1.78. The maximum Gasteiger partial charge on any atom is 0.182 e. The predicted octanol–water partition coefficient (Wildman–Crippen LogP) is 4.17. The Bertz CT molecular complexity index is 445. The quantitative estimate of drug-likeness (QED) is 0.920. The lowest BCUT2D eigenvalue weighted by molar-refractivity contribution is 1.12. The highest BCUT2D eigenvalue weighted by atomic mass is 79.9. The first-order valence-corrected chi connectivity index (χ1v) is 6.38. The number of nitrogens with zero attached hydrogens (tertiary/aromatic N) is 1. The molecule has 0 aliphatic carbocycles. The molecule has 1 aromatic carbocycles. The van der Waals surface area contributed by atoms with E-state index in [1.165, 1.54) is 0 Å². The van der Waals surface area contributed by atoms with E-state index in [2.05, 4.69) is 26.2 Å². The minimum atomic E-state index is 0.717. The molecule has 0 radical (unpaired) electrons. The zero-order valence-electron chi connectivity index (χ0n) is 7.71. The van der Waals surface area contributed by atoms with Gasteiger partial charge in [-0.25, -0.2) is 4.98 Å². The van der Waals surface area contributed by atoms with Gasteiger partial charge in [0.05, 0.1) is 0 Å². The topological polar surface area (TPSA) is 24.9 Å². The highest BCUT2D eigenvalue weighted by molar-refractivity contribution is 9.10. The Morgan fingerprint density at radius 3 is 3.07 bits per heavy atom. The molecule has 0 saturated carbocycles. The van der Waals surface area contributed by atoms with Gasteiger partial charge in [-0.2, -0.15) is 0 Å². The molecule has 0 amide bonds. The van der Waals surface area contributed by atoms with Crippen LogP contribution in [0.1, 0.15) is 5.56 Å². The Morgan fingerprint density at radius 2 is 2.33 bits per heavy atom. The van der Waals surface area contributed by atoms with Crippen LogP contribution in [0, 0.1) is 0 Å². The first-order valence-electron chi connectivity index (χ1n) is 4.33. The molecule has 0 aliphatic rings. The average molecular weight is 304 g/mol. The molecule has 0 bridgehead atoms. The molecule has 0 saturated heterocycles. The molecule has 0 spiro atoms. The Kier molecular flexibility index (Phi) is 3.61. The lowest BCUT2D eigenvalue weighted by Gasteiger charge is -2.05. The summed E-state index contributed by atoms with van der Waals surface area (Å²) in [5, 5.41) is 6.83.